The summed E-state index contributed by atoms with van der Waals surface area (Å²) in [6.45, 7) is 1.92. The molecule has 0 bridgehead atoms. The highest BCUT2D eigenvalue weighted by Gasteiger charge is 2.39. The van der Waals surface area contributed by atoms with Crippen LogP contribution in [0.1, 0.15) is 26.2 Å². The molecule has 1 atom stereocenters. The highest BCUT2D eigenvalue weighted by Crippen LogP contribution is 2.34. The molecule has 0 heterocycles. The minimum absolute atomic E-state index is 0.132. The molecule has 0 aromatic carbocycles. The Kier molecular flexibility index (Phi) is 2.56. The van der Waals surface area contributed by atoms with Crippen molar-refractivity contribution in [3.05, 3.63) is 0 Å². The first-order valence-corrected chi connectivity index (χ1v) is 4.22. The first-order chi connectivity index (χ1) is 5.93. The van der Waals surface area contributed by atoms with E-state index in [9.17, 15) is 9.59 Å². The molecule has 1 amide bonds. The van der Waals surface area contributed by atoms with Gasteiger partial charge in [0.1, 0.15) is 0 Å². The second-order valence-electron chi connectivity index (χ2n) is 3.75. The number of carbonyl (C=O) groups excluding carboxylic acids is 1. The van der Waals surface area contributed by atoms with Crippen LogP contribution >= 0.6 is 0 Å². The lowest BCUT2D eigenvalue weighted by Gasteiger charge is -2.14. The first-order valence-electron chi connectivity index (χ1n) is 4.22. The molecule has 1 saturated carbocycles. The van der Waals surface area contributed by atoms with Gasteiger partial charge < -0.3 is 16.2 Å². The van der Waals surface area contributed by atoms with Gasteiger partial charge in [0.25, 0.3) is 0 Å². The molecule has 1 rings (SSSR count). The monoisotopic (exact) mass is 186 g/mol. The normalized spacial score (nSPS) is 20.5. The predicted octanol–water partition coefficient (Wildman–Crippen LogP) is -0.543. The van der Waals surface area contributed by atoms with Crippen molar-refractivity contribution in [2.45, 2.75) is 37.8 Å². The largest absolute Gasteiger partial charge is 0.481 e. The predicted molar refractivity (Wildman–Crippen MR) is 46.0 cm³/mol. The van der Waals surface area contributed by atoms with Crippen molar-refractivity contribution < 1.29 is 14.7 Å². The van der Waals surface area contributed by atoms with E-state index >= 15 is 0 Å². The summed E-state index contributed by atoms with van der Waals surface area (Å²) in [5, 5.41) is 11.1. The lowest BCUT2D eigenvalue weighted by Crippen LogP contribution is -2.46. The van der Waals surface area contributed by atoms with Crippen molar-refractivity contribution in [1.29, 1.82) is 0 Å². The minimum atomic E-state index is -1.05. The number of nitrogens with two attached hydrogens (primary N) is 1. The van der Waals surface area contributed by atoms with Crippen molar-refractivity contribution in [3.63, 3.8) is 0 Å². The van der Waals surface area contributed by atoms with Gasteiger partial charge in [-0.1, -0.05) is 0 Å². The molecule has 74 valence electrons. The molecule has 5 heteroatoms. The zero-order chi connectivity index (χ0) is 10.1. The third-order valence-electron chi connectivity index (χ3n) is 2.16. The van der Waals surface area contributed by atoms with Gasteiger partial charge in [0.2, 0.25) is 5.91 Å². The van der Waals surface area contributed by atoms with E-state index in [0.29, 0.717) is 0 Å². The fourth-order valence-corrected chi connectivity index (χ4v) is 0.983. The van der Waals surface area contributed by atoms with Crippen molar-refractivity contribution in [1.82, 2.24) is 5.32 Å². The Bertz CT molecular complexity index is 236. The number of hydrogen-bond donors (Lipinski definition) is 3. The zero-order valence-corrected chi connectivity index (χ0v) is 7.54. The van der Waals surface area contributed by atoms with Crippen LogP contribution in [0.2, 0.25) is 0 Å². The Hall–Kier alpha value is -1.10. The van der Waals surface area contributed by atoms with Crippen LogP contribution in [0, 0.1) is 0 Å². The van der Waals surface area contributed by atoms with E-state index < -0.39 is 12.0 Å². The number of amides is 1. The fourth-order valence-electron chi connectivity index (χ4n) is 0.983. The van der Waals surface area contributed by atoms with Gasteiger partial charge in [0.15, 0.2) is 0 Å². The van der Waals surface area contributed by atoms with Gasteiger partial charge in [-0.3, -0.25) is 9.59 Å². The van der Waals surface area contributed by atoms with E-state index in [-0.39, 0.29) is 17.9 Å². The van der Waals surface area contributed by atoms with Gasteiger partial charge in [-0.15, -0.1) is 0 Å². The molecule has 1 unspecified atom stereocenters. The molecule has 0 spiro atoms. The summed E-state index contributed by atoms with van der Waals surface area (Å²) < 4.78 is 0. The number of nitrogens with one attached hydrogen (secondary N) is 1. The van der Waals surface area contributed by atoms with Crippen LogP contribution < -0.4 is 11.1 Å². The average molecular weight is 186 g/mol. The number of carboxylic acid groups (broad SMARTS) is 1. The van der Waals surface area contributed by atoms with E-state index in [2.05, 4.69) is 5.32 Å². The van der Waals surface area contributed by atoms with Gasteiger partial charge in [0.05, 0.1) is 12.5 Å². The van der Waals surface area contributed by atoms with Gasteiger partial charge in [0, 0.05) is 5.54 Å². The summed E-state index contributed by atoms with van der Waals surface area (Å²) in [5.74, 6) is -1.42. The quantitative estimate of drug-likeness (QED) is 0.549. The average Bonchev–Trinajstić information content (AvgIpc) is 2.66. The Morgan fingerprint density at radius 2 is 2.15 bits per heavy atom. The second kappa shape index (κ2) is 3.33. The maximum atomic E-state index is 11.2. The zero-order valence-electron chi connectivity index (χ0n) is 7.54. The molecule has 13 heavy (non-hydrogen) atoms. The van der Waals surface area contributed by atoms with Gasteiger partial charge in [-0.2, -0.15) is 0 Å². The number of aliphatic carboxylic acids is 1. The molecule has 0 saturated heterocycles. The Labute approximate surface area is 76.3 Å². The maximum absolute atomic E-state index is 11.2. The first kappa shape index (κ1) is 9.98. The van der Waals surface area contributed by atoms with Crippen LogP contribution in [0.4, 0.5) is 0 Å². The smallest absolute Gasteiger partial charge is 0.305 e. The van der Waals surface area contributed by atoms with Gasteiger partial charge in [-0.05, 0) is 19.8 Å². The summed E-state index contributed by atoms with van der Waals surface area (Å²) in [6.07, 6.45) is 1.57. The van der Waals surface area contributed by atoms with Crippen molar-refractivity contribution in [3.8, 4) is 0 Å². The van der Waals surface area contributed by atoms with Crippen LogP contribution in [-0.2, 0) is 9.59 Å². The molecule has 0 aromatic heterocycles. The molecule has 1 fully saturated rings. The highest BCUT2D eigenvalue weighted by molar-refractivity contribution is 5.86. The number of carboxylic acids is 1. The molecule has 0 radical (unpaired) electrons. The maximum Gasteiger partial charge on any atom is 0.305 e. The Morgan fingerprint density at radius 3 is 2.54 bits per heavy atom. The summed E-state index contributed by atoms with van der Waals surface area (Å²) in [7, 11) is 0. The summed E-state index contributed by atoms with van der Waals surface area (Å²) in [4.78, 5) is 21.5. The molecule has 1 aliphatic carbocycles. The molecular weight excluding hydrogens is 172 g/mol. The topological polar surface area (TPSA) is 92.4 Å². The number of carbonyl (C=O) groups is 2. The summed E-state index contributed by atoms with van der Waals surface area (Å²) in [6, 6.07) is -0.935. The third kappa shape index (κ3) is 3.02. The van der Waals surface area contributed by atoms with Crippen LogP contribution in [0.15, 0.2) is 0 Å². The molecule has 5 nitrogen and oxygen atoms in total. The van der Waals surface area contributed by atoms with Crippen LogP contribution in [-0.4, -0.2) is 28.6 Å². The molecule has 1 aliphatic rings. The molecule has 0 aliphatic heterocycles. The van der Waals surface area contributed by atoms with Crippen molar-refractivity contribution in [2.24, 2.45) is 5.73 Å². The SMILES string of the molecule is CC1(NC(=O)C(N)CC(=O)O)CC1. The fraction of sp³-hybridized carbons (Fsp3) is 0.750. The van der Waals surface area contributed by atoms with E-state index in [0.717, 1.165) is 12.8 Å². The summed E-state index contributed by atoms with van der Waals surface area (Å²) in [5.41, 5.74) is 5.23. The van der Waals surface area contributed by atoms with E-state index in [1.54, 1.807) is 0 Å². The van der Waals surface area contributed by atoms with Crippen molar-refractivity contribution >= 4 is 11.9 Å². The molecular formula is C8H14N2O3. The lowest BCUT2D eigenvalue weighted by atomic mass is 10.2. The Balaban J connectivity index is 2.34. The van der Waals surface area contributed by atoms with Gasteiger partial charge >= 0.3 is 5.97 Å². The minimum Gasteiger partial charge on any atom is -0.481 e. The number of rotatable bonds is 4. The van der Waals surface area contributed by atoms with Crippen LogP contribution in [0.5, 0.6) is 0 Å². The molecule has 4 N–H and O–H groups in total. The summed E-state index contributed by atoms with van der Waals surface area (Å²) >= 11 is 0. The van der Waals surface area contributed by atoms with Crippen molar-refractivity contribution in [2.75, 3.05) is 0 Å². The van der Waals surface area contributed by atoms with Crippen LogP contribution in [0.3, 0.4) is 0 Å². The second-order valence-corrected chi connectivity index (χ2v) is 3.75. The van der Waals surface area contributed by atoms with Crippen LogP contribution in [0.25, 0.3) is 0 Å². The van der Waals surface area contributed by atoms with E-state index in [4.69, 9.17) is 10.8 Å². The standard InChI is InChI=1S/C8H14N2O3/c1-8(2-3-8)10-7(13)5(9)4-6(11)12/h5H,2-4,9H2,1H3,(H,10,13)(H,11,12). The van der Waals surface area contributed by atoms with E-state index in [1.165, 1.54) is 0 Å². The number of hydrogen-bond acceptors (Lipinski definition) is 3. The molecule has 0 aromatic rings. The lowest BCUT2D eigenvalue weighted by molar-refractivity contribution is -0.139. The third-order valence-corrected chi connectivity index (χ3v) is 2.16. The van der Waals surface area contributed by atoms with Gasteiger partial charge in [-0.25, -0.2) is 0 Å². The Morgan fingerprint density at radius 1 is 1.62 bits per heavy atom. The highest BCUT2D eigenvalue weighted by atomic mass is 16.4. The van der Waals surface area contributed by atoms with E-state index in [1.807, 2.05) is 6.92 Å².